The Balaban J connectivity index is 1.90. The number of ether oxygens (including phenoxy) is 1. The molecule has 0 aromatic heterocycles. The van der Waals surface area contributed by atoms with Gasteiger partial charge in [0.1, 0.15) is 5.75 Å². The average molecular weight is 262 g/mol. The molecule has 19 heavy (non-hydrogen) atoms. The van der Waals surface area contributed by atoms with E-state index in [9.17, 15) is 4.79 Å². The van der Waals surface area contributed by atoms with Crippen molar-refractivity contribution >= 4 is 5.91 Å². The summed E-state index contributed by atoms with van der Waals surface area (Å²) in [6, 6.07) is 5.98. The molecule has 1 aliphatic rings. The van der Waals surface area contributed by atoms with Crippen LogP contribution in [0.3, 0.4) is 0 Å². The maximum absolute atomic E-state index is 12.1. The number of carbonyl (C=O) groups excluding carboxylic acids is 1. The fourth-order valence-corrected chi connectivity index (χ4v) is 2.50. The minimum absolute atomic E-state index is 0.0543. The standard InChI is InChI=1S/C15H22N2O2/c1-11-4-3-5-12(2)15(11)19-10-14(18)17-7-6-13(8-16)9-17/h3-5,13H,6-10,16H2,1-2H3. The predicted molar refractivity (Wildman–Crippen MR) is 75.2 cm³/mol. The molecule has 1 aromatic rings. The number of aryl methyl sites for hydroxylation is 2. The Morgan fingerprint density at radius 1 is 1.42 bits per heavy atom. The number of benzene rings is 1. The summed E-state index contributed by atoms with van der Waals surface area (Å²) in [5.41, 5.74) is 7.76. The Kier molecular flexibility index (Phi) is 4.43. The van der Waals surface area contributed by atoms with E-state index < -0.39 is 0 Å². The quantitative estimate of drug-likeness (QED) is 0.894. The lowest BCUT2D eigenvalue weighted by Crippen LogP contribution is -2.33. The molecule has 1 atom stereocenters. The molecule has 2 rings (SSSR count). The smallest absolute Gasteiger partial charge is 0.260 e. The van der Waals surface area contributed by atoms with Gasteiger partial charge in [-0.15, -0.1) is 0 Å². The predicted octanol–water partition coefficient (Wildman–Crippen LogP) is 1.49. The number of amides is 1. The second-order valence-corrected chi connectivity index (χ2v) is 5.24. The van der Waals surface area contributed by atoms with E-state index in [0.717, 1.165) is 36.4 Å². The first-order valence-electron chi connectivity index (χ1n) is 6.78. The lowest BCUT2D eigenvalue weighted by Gasteiger charge is -2.18. The molecule has 1 amide bonds. The van der Waals surface area contributed by atoms with Gasteiger partial charge >= 0.3 is 0 Å². The Morgan fingerprint density at radius 2 is 2.11 bits per heavy atom. The summed E-state index contributed by atoms with van der Waals surface area (Å²) < 4.78 is 5.69. The van der Waals surface area contributed by atoms with E-state index in [4.69, 9.17) is 10.5 Å². The molecule has 1 aromatic carbocycles. The van der Waals surface area contributed by atoms with E-state index in [1.165, 1.54) is 0 Å². The largest absolute Gasteiger partial charge is 0.483 e. The summed E-state index contributed by atoms with van der Waals surface area (Å²) in [4.78, 5) is 13.9. The van der Waals surface area contributed by atoms with Gasteiger partial charge in [0, 0.05) is 13.1 Å². The van der Waals surface area contributed by atoms with Crippen molar-refractivity contribution in [2.45, 2.75) is 20.3 Å². The van der Waals surface area contributed by atoms with Crippen LogP contribution in [0.5, 0.6) is 5.75 Å². The Bertz CT molecular complexity index is 439. The Morgan fingerprint density at radius 3 is 2.68 bits per heavy atom. The minimum atomic E-state index is 0.0543. The second kappa shape index (κ2) is 6.06. The number of nitrogens with two attached hydrogens (primary N) is 1. The zero-order valence-electron chi connectivity index (χ0n) is 11.7. The fourth-order valence-electron chi connectivity index (χ4n) is 2.50. The van der Waals surface area contributed by atoms with Crippen LogP contribution in [0.1, 0.15) is 17.5 Å². The number of hydrogen-bond acceptors (Lipinski definition) is 3. The van der Waals surface area contributed by atoms with Crippen LogP contribution in [0.4, 0.5) is 0 Å². The van der Waals surface area contributed by atoms with Gasteiger partial charge in [0.2, 0.25) is 0 Å². The van der Waals surface area contributed by atoms with E-state index in [1.807, 2.05) is 36.9 Å². The highest BCUT2D eigenvalue weighted by Crippen LogP contribution is 2.22. The molecule has 4 heteroatoms. The van der Waals surface area contributed by atoms with Crippen molar-refractivity contribution in [3.05, 3.63) is 29.3 Å². The molecule has 2 N–H and O–H groups in total. The van der Waals surface area contributed by atoms with E-state index >= 15 is 0 Å². The number of para-hydroxylation sites is 1. The molecule has 4 nitrogen and oxygen atoms in total. The van der Waals surface area contributed by atoms with Crippen LogP contribution in [0.2, 0.25) is 0 Å². The molecular weight excluding hydrogens is 240 g/mol. The topological polar surface area (TPSA) is 55.6 Å². The number of likely N-dealkylation sites (tertiary alicyclic amines) is 1. The van der Waals surface area contributed by atoms with Crippen LogP contribution < -0.4 is 10.5 Å². The average Bonchev–Trinajstić information content (AvgIpc) is 2.86. The monoisotopic (exact) mass is 262 g/mol. The van der Waals surface area contributed by atoms with Crippen molar-refractivity contribution < 1.29 is 9.53 Å². The number of rotatable bonds is 4. The molecule has 1 fully saturated rings. The van der Waals surface area contributed by atoms with Gasteiger partial charge in [0.15, 0.2) is 6.61 Å². The molecule has 1 heterocycles. The minimum Gasteiger partial charge on any atom is -0.483 e. The molecule has 0 saturated carbocycles. The SMILES string of the molecule is Cc1cccc(C)c1OCC(=O)N1CCC(CN)C1. The molecule has 104 valence electrons. The van der Waals surface area contributed by atoms with Crippen molar-refractivity contribution in [1.82, 2.24) is 4.90 Å². The highest BCUT2D eigenvalue weighted by Gasteiger charge is 2.25. The first kappa shape index (κ1) is 13.9. The second-order valence-electron chi connectivity index (χ2n) is 5.24. The third-order valence-corrected chi connectivity index (χ3v) is 3.72. The van der Waals surface area contributed by atoms with Gasteiger partial charge in [0.25, 0.3) is 5.91 Å². The third kappa shape index (κ3) is 3.26. The van der Waals surface area contributed by atoms with Crippen LogP contribution >= 0.6 is 0 Å². The summed E-state index contributed by atoms with van der Waals surface area (Å²) in [6.07, 6.45) is 1.01. The number of nitrogens with zero attached hydrogens (tertiary/aromatic N) is 1. The first-order valence-corrected chi connectivity index (χ1v) is 6.78. The highest BCUT2D eigenvalue weighted by atomic mass is 16.5. The van der Waals surface area contributed by atoms with E-state index in [-0.39, 0.29) is 12.5 Å². The van der Waals surface area contributed by atoms with Gasteiger partial charge in [-0.1, -0.05) is 18.2 Å². The van der Waals surface area contributed by atoms with Gasteiger partial charge in [-0.25, -0.2) is 0 Å². The molecule has 0 radical (unpaired) electrons. The zero-order valence-corrected chi connectivity index (χ0v) is 11.7. The van der Waals surface area contributed by atoms with Gasteiger partial charge in [-0.3, -0.25) is 4.79 Å². The molecule has 1 aliphatic heterocycles. The maximum atomic E-state index is 12.1. The van der Waals surface area contributed by atoms with Crippen LogP contribution in [-0.2, 0) is 4.79 Å². The van der Waals surface area contributed by atoms with E-state index in [0.29, 0.717) is 12.5 Å². The van der Waals surface area contributed by atoms with Gasteiger partial charge in [0.05, 0.1) is 0 Å². The van der Waals surface area contributed by atoms with Crippen LogP contribution in [0, 0.1) is 19.8 Å². The van der Waals surface area contributed by atoms with Gasteiger partial charge in [-0.2, -0.15) is 0 Å². The van der Waals surface area contributed by atoms with Crippen molar-refractivity contribution in [1.29, 1.82) is 0 Å². The van der Waals surface area contributed by atoms with Crippen molar-refractivity contribution in [2.24, 2.45) is 11.7 Å². The molecule has 0 spiro atoms. The van der Waals surface area contributed by atoms with E-state index in [1.54, 1.807) is 0 Å². The number of hydrogen-bond donors (Lipinski definition) is 1. The Hall–Kier alpha value is -1.55. The lowest BCUT2D eigenvalue weighted by atomic mass is 10.1. The maximum Gasteiger partial charge on any atom is 0.260 e. The fraction of sp³-hybridized carbons (Fsp3) is 0.533. The summed E-state index contributed by atoms with van der Waals surface area (Å²) in [5.74, 6) is 1.33. The Labute approximate surface area is 114 Å². The lowest BCUT2D eigenvalue weighted by molar-refractivity contribution is -0.132. The zero-order chi connectivity index (χ0) is 13.8. The highest BCUT2D eigenvalue weighted by molar-refractivity contribution is 5.78. The number of carbonyl (C=O) groups is 1. The van der Waals surface area contributed by atoms with Gasteiger partial charge < -0.3 is 15.4 Å². The van der Waals surface area contributed by atoms with Crippen molar-refractivity contribution in [3.63, 3.8) is 0 Å². The molecule has 1 saturated heterocycles. The first-order chi connectivity index (χ1) is 9.11. The summed E-state index contributed by atoms with van der Waals surface area (Å²) >= 11 is 0. The van der Waals surface area contributed by atoms with Crippen LogP contribution in [0.25, 0.3) is 0 Å². The van der Waals surface area contributed by atoms with Crippen LogP contribution in [0.15, 0.2) is 18.2 Å². The van der Waals surface area contributed by atoms with E-state index in [2.05, 4.69) is 0 Å². The molecule has 1 unspecified atom stereocenters. The molecule has 0 bridgehead atoms. The summed E-state index contributed by atoms with van der Waals surface area (Å²) in [6.45, 7) is 6.33. The van der Waals surface area contributed by atoms with Crippen LogP contribution in [-0.4, -0.2) is 37.0 Å². The molecular formula is C15H22N2O2. The summed E-state index contributed by atoms with van der Waals surface area (Å²) in [7, 11) is 0. The molecule has 0 aliphatic carbocycles. The van der Waals surface area contributed by atoms with Gasteiger partial charge in [-0.05, 0) is 43.9 Å². The van der Waals surface area contributed by atoms with Crippen molar-refractivity contribution in [2.75, 3.05) is 26.2 Å². The summed E-state index contributed by atoms with van der Waals surface area (Å²) in [5, 5.41) is 0. The van der Waals surface area contributed by atoms with Crippen molar-refractivity contribution in [3.8, 4) is 5.75 Å². The third-order valence-electron chi connectivity index (χ3n) is 3.72. The normalized spacial score (nSPS) is 18.7.